The highest BCUT2D eigenvalue weighted by atomic mass is 16.5. The first-order valence-electron chi connectivity index (χ1n) is 8.94. The molecule has 0 saturated carbocycles. The van der Waals surface area contributed by atoms with Crippen molar-refractivity contribution in [1.29, 1.82) is 0 Å². The fraction of sp³-hybridized carbons (Fsp3) is 0.286. The number of imide groups is 1. The van der Waals surface area contributed by atoms with Gasteiger partial charge in [0.05, 0.1) is 17.7 Å². The van der Waals surface area contributed by atoms with Crippen LogP contribution in [0.1, 0.15) is 41.5 Å². The van der Waals surface area contributed by atoms with Crippen LogP contribution in [0.2, 0.25) is 0 Å². The Morgan fingerprint density at radius 1 is 1.00 bits per heavy atom. The predicted octanol–water partition coefficient (Wildman–Crippen LogP) is 3.34. The minimum Gasteiger partial charge on any atom is -0.494 e. The summed E-state index contributed by atoms with van der Waals surface area (Å²) in [7, 11) is 0. The van der Waals surface area contributed by atoms with Crippen molar-refractivity contribution in [1.82, 2.24) is 4.90 Å². The monoisotopic (exact) mass is 366 g/mol. The molecule has 27 heavy (non-hydrogen) atoms. The topological polar surface area (TPSA) is 75.7 Å². The van der Waals surface area contributed by atoms with Crippen molar-refractivity contribution in [2.75, 3.05) is 11.9 Å². The standard InChI is InChI=1S/C21H22N2O4/c1-4-27-15-11-9-14(10-12-15)22-19(24)18(13(2)3)23-20(25)16-7-5-6-8-17(16)21(23)26/h5-13,18H,4H2,1-3H3,(H,22,24). The summed E-state index contributed by atoms with van der Waals surface area (Å²) >= 11 is 0. The molecule has 1 atom stereocenters. The van der Waals surface area contributed by atoms with E-state index in [0.29, 0.717) is 29.2 Å². The summed E-state index contributed by atoms with van der Waals surface area (Å²) in [5, 5.41) is 2.80. The number of carbonyl (C=O) groups excluding carboxylic acids is 3. The van der Waals surface area contributed by atoms with Crippen molar-refractivity contribution in [3.8, 4) is 5.75 Å². The maximum atomic E-state index is 12.9. The minimum atomic E-state index is -0.899. The van der Waals surface area contributed by atoms with E-state index in [4.69, 9.17) is 4.74 Å². The van der Waals surface area contributed by atoms with Gasteiger partial charge in [-0.05, 0) is 49.2 Å². The van der Waals surface area contributed by atoms with Gasteiger partial charge in [0.25, 0.3) is 11.8 Å². The molecule has 1 aliphatic rings. The van der Waals surface area contributed by atoms with Crippen LogP contribution in [0.5, 0.6) is 5.75 Å². The third-order valence-electron chi connectivity index (χ3n) is 4.44. The number of anilines is 1. The number of benzene rings is 2. The van der Waals surface area contributed by atoms with Gasteiger partial charge in [0.2, 0.25) is 5.91 Å². The molecular formula is C21H22N2O4. The molecule has 1 N–H and O–H groups in total. The summed E-state index contributed by atoms with van der Waals surface area (Å²) in [5.74, 6) is -0.804. The van der Waals surface area contributed by atoms with E-state index in [1.807, 2.05) is 20.8 Å². The van der Waals surface area contributed by atoms with E-state index in [2.05, 4.69) is 5.32 Å². The molecule has 0 bridgehead atoms. The van der Waals surface area contributed by atoms with Gasteiger partial charge in [-0.15, -0.1) is 0 Å². The van der Waals surface area contributed by atoms with Gasteiger partial charge in [0, 0.05) is 5.69 Å². The van der Waals surface area contributed by atoms with Crippen molar-refractivity contribution in [3.05, 3.63) is 59.7 Å². The molecule has 1 unspecified atom stereocenters. The summed E-state index contributed by atoms with van der Waals surface area (Å²) < 4.78 is 5.39. The van der Waals surface area contributed by atoms with E-state index >= 15 is 0 Å². The second kappa shape index (κ2) is 7.61. The minimum absolute atomic E-state index is 0.241. The van der Waals surface area contributed by atoms with Gasteiger partial charge in [0.1, 0.15) is 11.8 Å². The van der Waals surface area contributed by atoms with E-state index in [1.54, 1.807) is 48.5 Å². The highest BCUT2D eigenvalue weighted by molar-refractivity contribution is 6.23. The lowest BCUT2D eigenvalue weighted by atomic mass is 10.0. The molecule has 1 heterocycles. The van der Waals surface area contributed by atoms with Crippen molar-refractivity contribution in [2.45, 2.75) is 26.8 Å². The molecule has 2 aromatic rings. The number of hydrogen-bond acceptors (Lipinski definition) is 4. The van der Waals surface area contributed by atoms with Gasteiger partial charge >= 0.3 is 0 Å². The maximum Gasteiger partial charge on any atom is 0.262 e. The average molecular weight is 366 g/mol. The molecule has 0 fully saturated rings. The quantitative estimate of drug-likeness (QED) is 0.796. The van der Waals surface area contributed by atoms with Gasteiger partial charge in [-0.25, -0.2) is 0 Å². The zero-order valence-corrected chi connectivity index (χ0v) is 15.6. The second-order valence-corrected chi connectivity index (χ2v) is 6.66. The van der Waals surface area contributed by atoms with Gasteiger partial charge in [-0.2, -0.15) is 0 Å². The van der Waals surface area contributed by atoms with Crippen molar-refractivity contribution < 1.29 is 19.1 Å². The molecule has 3 rings (SSSR count). The van der Waals surface area contributed by atoms with Crippen LogP contribution >= 0.6 is 0 Å². The average Bonchev–Trinajstić information content (AvgIpc) is 2.89. The predicted molar refractivity (Wildman–Crippen MR) is 102 cm³/mol. The maximum absolute atomic E-state index is 12.9. The largest absolute Gasteiger partial charge is 0.494 e. The zero-order valence-electron chi connectivity index (χ0n) is 15.6. The normalized spacial score (nSPS) is 14.3. The number of carbonyl (C=O) groups is 3. The number of ether oxygens (including phenoxy) is 1. The van der Waals surface area contributed by atoms with Gasteiger partial charge in [0.15, 0.2) is 0 Å². The van der Waals surface area contributed by atoms with Crippen LogP contribution in [-0.2, 0) is 4.79 Å². The van der Waals surface area contributed by atoms with Crippen molar-refractivity contribution in [2.24, 2.45) is 5.92 Å². The molecule has 2 aromatic carbocycles. The first kappa shape index (κ1) is 18.6. The van der Waals surface area contributed by atoms with Gasteiger partial charge < -0.3 is 10.1 Å². The van der Waals surface area contributed by atoms with Crippen molar-refractivity contribution >= 4 is 23.4 Å². The molecule has 0 spiro atoms. The van der Waals surface area contributed by atoms with Gasteiger partial charge in [-0.1, -0.05) is 26.0 Å². The Balaban J connectivity index is 1.83. The van der Waals surface area contributed by atoms with Crippen molar-refractivity contribution in [3.63, 3.8) is 0 Å². The lowest BCUT2D eigenvalue weighted by Gasteiger charge is -2.28. The lowest BCUT2D eigenvalue weighted by molar-refractivity contribution is -0.121. The van der Waals surface area contributed by atoms with E-state index < -0.39 is 23.8 Å². The van der Waals surface area contributed by atoms with E-state index in [9.17, 15) is 14.4 Å². The van der Waals surface area contributed by atoms with Crippen LogP contribution in [0.4, 0.5) is 5.69 Å². The molecule has 140 valence electrons. The molecule has 0 aliphatic carbocycles. The summed E-state index contributed by atoms with van der Waals surface area (Å²) in [5.41, 5.74) is 1.25. The number of nitrogens with zero attached hydrogens (tertiary/aromatic N) is 1. The van der Waals surface area contributed by atoms with Crippen LogP contribution in [0.15, 0.2) is 48.5 Å². The Morgan fingerprint density at radius 2 is 1.56 bits per heavy atom. The molecule has 3 amide bonds. The van der Waals surface area contributed by atoms with Crippen LogP contribution in [0, 0.1) is 5.92 Å². The number of nitrogens with one attached hydrogen (secondary N) is 1. The smallest absolute Gasteiger partial charge is 0.262 e. The molecule has 6 heteroatoms. The molecule has 1 aliphatic heterocycles. The molecule has 6 nitrogen and oxygen atoms in total. The Hall–Kier alpha value is -3.15. The van der Waals surface area contributed by atoms with Crippen LogP contribution in [-0.4, -0.2) is 35.3 Å². The molecular weight excluding hydrogens is 344 g/mol. The summed E-state index contributed by atoms with van der Waals surface area (Å²) in [4.78, 5) is 39.4. The SMILES string of the molecule is CCOc1ccc(NC(=O)C(C(C)C)N2C(=O)c3ccccc3C2=O)cc1. The highest BCUT2D eigenvalue weighted by Gasteiger charge is 2.43. The third kappa shape index (κ3) is 3.56. The first-order chi connectivity index (χ1) is 12.9. The second-order valence-electron chi connectivity index (χ2n) is 6.66. The van der Waals surface area contributed by atoms with E-state index in [-0.39, 0.29) is 5.92 Å². The lowest BCUT2D eigenvalue weighted by Crippen LogP contribution is -2.50. The Bertz CT molecular complexity index is 839. The van der Waals surface area contributed by atoms with Crippen LogP contribution in [0.3, 0.4) is 0 Å². The highest BCUT2D eigenvalue weighted by Crippen LogP contribution is 2.28. The first-order valence-corrected chi connectivity index (χ1v) is 8.94. The van der Waals surface area contributed by atoms with Crippen LogP contribution in [0.25, 0.3) is 0 Å². The Kier molecular flexibility index (Phi) is 5.26. The third-order valence-corrected chi connectivity index (χ3v) is 4.44. The number of fused-ring (bicyclic) bond motifs is 1. The number of amides is 3. The molecule has 0 saturated heterocycles. The van der Waals surface area contributed by atoms with E-state index in [1.165, 1.54) is 0 Å². The van der Waals surface area contributed by atoms with Gasteiger partial charge in [-0.3, -0.25) is 19.3 Å². The zero-order chi connectivity index (χ0) is 19.6. The number of rotatable bonds is 6. The summed E-state index contributed by atoms with van der Waals surface area (Å²) in [6.07, 6.45) is 0. The fourth-order valence-corrected chi connectivity index (χ4v) is 3.20. The molecule has 0 radical (unpaired) electrons. The number of hydrogen-bond donors (Lipinski definition) is 1. The summed E-state index contributed by atoms with van der Waals surface area (Å²) in [6.45, 7) is 6.07. The van der Waals surface area contributed by atoms with E-state index in [0.717, 1.165) is 4.90 Å². The fourth-order valence-electron chi connectivity index (χ4n) is 3.20. The van der Waals surface area contributed by atoms with Crippen LogP contribution < -0.4 is 10.1 Å². The molecule has 0 aromatic heterocycles. The Labute approximate surface area is 158 Å². The summed E-state index contributed by atoms with van der Waals surface area (Å²) in [6, 6.07) is 12.7. The Morgan fingerprint density at radius 3 is 2.04 bits per heavy atom.